The third kappa shape index (κ3) is 2.76. The second kappa shape index (κ2) is 5.08. The summed E-state index contributed by atoms with van der Waals surface area (Å²) < 4.78 is 5.03. The molecule has 0 unspecified atom stereocenters. The number of methoxy groups -OCH3 is 1. The molecule has 0 fully saturated rings. The molecule has 72 valence electrons. The fraction of sp³-hybridized carbons (Fsp3) is 0.333. The van der Waals surface area contributed by atoms with E-state index in [0.717, 1.165) is 17.3 Å². The van der Waals surface area contributed by atoms with Crippen molar-refractivity contribution in [3.63, 3.8) is 0 Å². The molecule has 0 atom stereocenters. The van der Waals surface area contributed by atoms with Crippen molar-refractivity contribution in [3.05, 3.63) is 27.7 Å². The monoisotopic (exact) mass is 282 g/mol. The van der Waals surface area contributed by atoms with E-state index in [1.807, 2.05) is 0 Å². The Kier molecular flexibility index (Phi) is 4.36. The maximum Gasteiger partial charge on any atom is 0.121 e. The average Bonchev–Trinajstić information content (AvgIpc) is 2.11. The van der Waals surface area contributed by atoms with Crippen molar-refractivity contribution in [2.24, 2.45) is 0 Å². The summed E-state index contributed by atoms with van der Waals surface area (Å²) in [5.41, 5.74) is 0.959. The largest absolute Gasteiger partial charge is 0.497 e. The van der Waals surface area contributed by atoms with Crippen LogP contribution >= 0.6 is 39.1 Å². The molecule has 0 bridgehead atoms. The van der Waals surface area contributed by atoms with Crippen LogP contribution in [0.3, 0.4) is 0 Å². The van der Waals surface area contributed by atoms with E-state index in [9.17, 15) is 0 Å². The highest BCUT2D eigenvalue weighted by Gasteiger charge is 2.07. The molecule has 0 aliphatic carbocycles. The van der Waals surface area contributed by atoms with Crippen LogP contribution in [0.4, 0.5) is 0 Å². The molecule has 0 N–H and O–H groups in total. The molecular weight excluding hydrogens is 275 g/mol. The third-order valence-electron chi connectivity index (χ3n) is 1.69. The van der Waals surface area contributed by atoms with Gasteiger partial charge in [0, 0.05) is 15.4 Å². The first-order chi connectivity index (χ1) is 6.19. The Morgan fingerprint density at radius 3 is 2.23 bits per heavy atom. The van der Waals surface area contributed by atoms with Gasteiger partial charge in [-0.1, -0.05) is 39.1 Å². The fourth-order valence-electron chi connectivity index (χ4n) is 1.03. The summed E-state index contributed by atoms with van der Waals surface area (Å²) in [6.07, 6.45) is 0.821. The zero-order chi connectivity index (χ0) is 9.84. The van der Waals surface area contributed by atoms with E-state index in [1.54, 1.807) is 19.2 Å². The van der Waals surface area contributed by atoms with Crippen molar-refractivity contribution in [1.29, 1.82) is 0 Å². The molecule has 0 aromatic heterocycles. The van der Waals surface area contributed by atoms with Gasteiger partial charge in [-0.15, -0.1) is 0 Å². The Balaban J connectivity index is 3.07. The van der Waals surface area contributed by atoms with Gasteiger partial charge in [0.15, 0.2) is 0 Å². The van der Waals surface area contributed by atoms with Gasteiger partial charge in [0.2, 0.25) is 0 Å². The molecule has 1 aromatic carbocycles. The number of alkyl halides is 1. The Bertz CT molecular complexity index is 279. The molecular formula is C9H9BrCl2O. The van der Waals surface area contributed by atoms with E-state index >= 15 is 0 Å². The Morgan fingerprint density at radius 2 is 1.85 bits per heavy atom. The number of hydrogen-bond acceptors (Lipinski definition) is 1. The number of benzene rings is 1. The highest BCUT2D eigenvalue weighted by Crippen LogP contribution is 2.30. The molecule has 1 nitrogen and oxygen atoms in total. The lowest BCUT2D eigenvalue weighted by atomic mass is 10.1. The summed E-state index contributed by atoms with van der Waals surface area (Å²) in [4.78, 5) is 0. The molecule has 0 heterocycles. The van der Waals surface area contributed by atoms with E-state index < -0.39 is 0 Å². The minimum Gasteiger partial charge on any atom is -0.497 e. The van der Waals surface area contributed by atoms with Crippen molar-refractivity contribution >= 4 is 39.1 Å². The van der Waals surface area contributed by atoms with E-state index in [2.05, 4.69) is 15.9 Å². The van der Waals surface area contributed by atoms with E-state index in [-0.39, 0.29) is 0 Å². The summed E-state index contributed by atoms with van der Waals surface area (Å²) in [6.45, 7) is 0. The van der Waals surface area contributed by atoms with E-state index in [1.165, 1.54) is 0 Å². The minimum atomic E-state index is 0.656. The van der Waals surface area contributed by atoms with Crippen molar-refractivity contribution in [3.8, 4) is 5.75 Å². The molecule has 1 rings (SSSR count). The SMILES string of the molecule is COc1cc(Cl)c(CCBr)c(Cl)c1. The average molecular weight is 284 g/mol. The van der Waals surface area contributed by atoms with Gasteiger partial charge in [0.05, 0.1) is 7.11 Å². The van der Waals surface area contributed by atoms with Crippen LogP contribution in [0.2, 0.25) is 10.0 Å². The van der Waals surface area contributed by atoms with Crippen LogP contribution in [0, 0.1) is 0 Å². The topological polar surface area (TPSA) is 9.23 Å². The Hall–Kier alpha value is 0.0800. The summed E-state index contributed by atoms with van der Waals surface area (Å²) >= 11 is 15.4. The highest BCUT2D eigenvalue weighted by atomic mass is 79.9. The zero-order valence-corrected chi connectivity index (χ0v) is 10.2. The fourth-order valence-corrected chi connectivity index (χ4v) is 2.08. The van der Waals surface area contributed by atoms with Crippen LogP contribution in [0.1, 0.15) is 5.56 Å². The number of ether oxygens (including phenoxy) is 1. The predicted molar refractivity (Wildman–Crippen MR) is 60.5 cm³/mol. The van der Waals surface area contributed by atoms with Gasteiger partial charge in [-0.3, -0.25) is 0 Å². The summed E-state index contributed by atoms with van der Waals surface area (Å²) in [5.74, 6) is 0.688. The van der Waals surface area contributed by atoms with Crippen molar-refractivity contribution in [1.82, 2.24) is 0 Å². The Morgan fingerprint density at radius 1 is 1.31 bits per heavy atom. The second-order valence-electron chi connectivity index (χ2n) is 2.51. The van der Waals surface area contributed by atoms with Crippen molar-refractivity contribution < 1.29 is 4.74 Å². The molecule has 0 aliphatic heterocycles. The molecule has 0 radical (unpaired) electrons. The van der Waals surface area contributed by atoms with Crippen LogP contribution in [-0.4, -0.2) is 12.4 Å². The first-order valence-corrected chi connectivity index (χ1v) is 5.64. The van der Waals surface area contributed by atoms with Crippen molar-refractivity contribution in [2.45, 2.75) is 6.42 Å². The van der Waals surface area contributed by atoms with Gasteiger partial charge >= 0.3 is 0 Å². The van der Waals surface area contributed by atoms with Gasteiger partial charge in [-0.25, -0.2) is 0 Å². The maximum atomic E-state index is 6.01. The Labute approximate surface area is 96.1 Å². The first-order valence-electron chi connectivity index (χ1n) is 3.77. The molecule has 0 saturated carbocycles. The lowest BCUT2D eigenvalue weighted by Crippen LogP contribution is -1.91. The maximum absolute atomic E-state index is 6.01. The van der Waals surface area contributed by atoms with Crippen LogP contribution in [0.5, 0.6) is 5.75 Å². The van der Waals surface area contributed by atoms with E-state index in [0.29, 0.717) is 15.8 Å². The summed E-state index contributed by atoms with van der Waals surface area (Å²) in [5, 5.41) is 2.16. The molecule has 13 heavy (non-hydrogen) atoms. The molecule has 4 heteroatoms. The van der Waals surface area contributed by atoms with Gasteiger partial charge in [-0.05, 0) is 24.1 Å². The molecule has 0 saturated heterocycles. The van der Waals surface area contributed by atoms with Crippen LogP contribution in [0.15, 0.2) is 12.1 Å². The van der Waals surface area contributed by atoms with Crippen LogP contribution in [-0.2, 0) is 6.42 Å². The van der Waals surface area contributed by atoms with Crippen LogP contribution in [0.25, 0.3) is 0 Å². The normalized spacial score (nSPS) is 10.2. The van der Waals surface area contributed by atoms with Gasteiger partial charge in [0.1, 0.15) is 5.75 Å². The number of halogens is 3. The zero-order valence-electron chi connectivity index (χ0n) is 7.11. The van der Waals surface area contributed by atoms with Gasteiger partial charge in [-0.2, -0.15) is 0 Å². The van der Waals surface area contributed by atoms with E-state index in [4.69, 9.17) is 27.9 Å². The number of rotatable bonds is 3. The minimum absolute atomic E-state index is 0.656. The lowest BCUT2D eigenvalue weighted by molar-refractivity contribution is 0.414. The molecule has 1 aromatic rings. The molecule has 0 amide bonds. The third-order valence-corrected chi connectivity index (χ3v) is 2.77. The first kappa shape index (κ1) is 11.2. The molecule has 0 spiro atoms. The van der Waals surface area contributed by atoms with Gasteiger partial charge < -0.3 is 4.74 Å². The van der Waals surface area contributed by atoms with Crippen LogP contribution < -0.4 is 4.74 Å². The quantitative estimate of drug-likeness (QED) is 0.764. The predicted octanol–water partition coefficient (Wildman–Crippen LogP) is 3.94. The van der Waals surface area contributed by atoms with Gasteiger partial charge in [0.25, 0.3) is 0 Å². The summed E-state index contributed by atoms with van der Waals surface area (Å²) in [6, 6.07) is 3.54. The summed E-state index contributed by atoms with van der Waals surface area (Å²) in [7, 11) is 1.59. The smallest absolute Gasteiger partial charge is 0.121 e. The number of hydrogen-bond donors (Lipinski definition) is 0. The highest BCUT2D eigenvalue weighted by molar-refractivity contribution is 9.09. The standard InChI is InChI=1S/C9H9BrCl2O/c1-13-6-4-8(11)7(2-3-10)9(12)5-6/h4-5H,2-3H2,1H3. The molecule has 0 aliphatic rings. The lowest BCUT2D eigenvalue weighted by Gasteiger charge is -2.07. The second-order valence-corrected chi connectivity index (χ2v) is 4.12. The van der Waals surface area contributed by atoms with Crippen molar-refractivity contribution in [2.75, 3.05) is 12.4 Å².